The lowest BCUT2D eigenvalue weighted by molar-refractivity contribution is -0.144. The van der Waals surface area contributed by atoms with Crippen molar-refractivity contribution in [3.63, 3.8) is 0 Å². The molecule has 2 aromatic carbocycles. The van der Waals surface area contributed by atoms with Gasteiger partial charge in [0.25, 0.3) is 0 Å². The Kier molecular flexibility index (Phi) is 6.55. The number of benzene rings is 2. The molecule has 1 unspecified atom stereocenters. The minimum atomic E-state index is -0.211. The van der Waals surface area contributed by atoms with Crippen molar-refractivity contribution in [2.24, 2.45) is 11.8 Å². The molecule has 0 heterocycles. The second kappa shape index (κ2) is 9.09. The van der Waals surface area contributed by atoms with Crippen LogP contribution in [0.5, 0.6) is 11.5 Å². The van der Waals surface area contributed by atoms with E-state index in [1.165, 1.54) is 13.2 Å². The molecule has 0 spiro atoms. The molecule has 150 valence electrons. The fraction of sp³-hybridized carbons (Fsp3) is 0.435. The maximum Gasteiger partial charge on any atom is 0.308 e. The number of hydrogen-bond acceptors (Lipinski definition) is 4. The third-order valence-electron chi connectivity index (χ3n) is 5.41. The van der Waals surface area contributed by atoms with Gasteiger partial charge in [0.15, 0.2) is 0 Å². The van der Waals surface area contributed by atoms with Crippen LogP contribution in [-0.4, -0.2) is 26.8 Å². The first kappa shape index (κ1) is 20.2. The second-order valence-electron chi connectivity index (χ2n) is 7.51. The Bertz CT molecular complexity index is 814. The number of methoxy groups -OCH3 is 2. The number of ether oxygens (including phenoxy) is 3. The zero-order valence-corrected chi connectivity index (χ0v) is 16.6. The summed E-state index contributed by atoms with van der Waals surface area (Å²) in [6.07, 6.45) is 2.43. The monoisotopic (exact) mass is 386 g/mol. The van der Waals surface area contributed by atoms with Crippen LogP contribution < -0.4 is 9.47 Å². The number of esters is 1. The van der Waals surface area contributed by atoms with Crippen molar-refractivity contribution >= 4 is 5.97 Å². The molecular weight excluding hydrogens is 359 g/mol. The number of halogens is 1. The van der Waals surface area contributed by atoms with Crippen LogP contribution >= 0.6 is 0 Å². The molecule has 5 heteroatoms. The van der Waals surface area contributed by atoms with Gasteiger partial charge in [0.2, 0.25) is 0 Å². The molecule has 0 N–H and O–H groups in total. The summed E-state index contributed by atoms with van der Waals surface area (Å²) in [6, 6.07) is 12.7. The highest BCUT2D eigenvalue weighted by Gasteiger charge is 2.32. The van der Waals surface area contributed by atoms with Crippen LogP contribution in [0.1, 0.15) is 36.8 Å². The number of rotatable bonds is 8. The first-order valence-corrected chi connectivity index (χ1v) is 9.63. The Hall–Kier alpha value is -2.56. The van der Waals surface area contributed by atoms with Gasteiger partial charge in [0.05, 0.1) is 26.7 Å². The Morgan fingerprint density at radius 3 is 2.64 bits per heavy atom. The van der Waals surface area contributed by atoms with E-state index < -0.39 is 0 Å². The summed E-state index contributed by atoms with van der Waals surface area (Å²) >= 11 is 0. The summed E-state index contributed by atoms with van der Waals surface area (Å²) in [4.78, 5) is 11.6. The largest absolute Gasteiger partial charge is 0.497 e. The molecule has 1 fully saturated rings. The quantitative estimate of drug-likeness (QED) is 0.614. The summed E-state index contributed by atoms with van der Waals surface area (Å²) in [7, 11) is 3.00. The average Bonchev–Trinajstić information content (AvgIpc) is 2.67. The van der Waals surface area contributed by atoms with Gasteiger partial charge < -0.3 is 14.2 Å². The normalized spacial score (nSPS) is 19.4. The molecule has 1 aliphatic carbocycles. The molecule has 1 atom stereocenters. The van der Waals surface area contributed by atoms with E-state index in [9.17, 15) is 9.18 Å². The van der Waals surface area contributed by atoms with E-state index in [1.54, 1.807) is 19.2 Å². The van der Waals surface area contributed by atoms with Crippen LogP contribution in [0.3, 0.4) is 0 Å². The summed E-state index contributed by atoms with van der Waals surface area (Å²) in [6.45, 7) is 2.46. The molecule has 0 aliphatic heterocycles. The molecule has 2 aromatic rings. The van der Waals surface area contributed by atoms with Gasteiger partial charge in [-0.25, -0.2) is 4.39 Å². The second-order valence-corrected chi connectivity index (χ2v) is 7.51. The van der Waals surface area contributed by atoms with Crippen LogP contribution in [0.4, 0.5) is 4.39 Å². The van der Waals surface area contributed by atoms with Gasteiger partial charge in [-0.15, -0.1) is 0 Å². The first-order valence-electron chi connectivity index (χ1n) is 9.63. The van der Waals surface area contributed by atoms with Crippen LogP contribution in [-0.2, 0) is 16.0 Å². The molecule has 1 saturated carbocycles. The van der Waals surface area contributed by atoms with Crippen molar-refractivity contribution in [3.8, 4) is 11.5 Å². The fourth-order valence-corrected chi connectivity index (χ4v) is 3.70. The fourth-order valence-electron chi connectivity index (χ4n) is 3.70. The minimum Gasteiger partial charge on any atom is -0.497 e. The highest BCUT2D eigenvalue weighted by Crippen LogP contribution is 2.43. The molecule has 0 radical (unpaired) electrons. The molecule has 4 nitrogen and oxygen atoms in total. The molecule has 0 saturated heterocycles. The van der Waals surface area contributed by atoms with Crippen molar-refractivity contribution in [2.75, 3.05) is 20.8 Å². The van der Waals surface area contributed by atoms with E-state index in [0.717, 1.165) is 29.7 Å². The molecule has 1 aliphatic rings. The zero-order valence-electron chi connectivity index (χ0n) is 16.6. The van der Waals surface area contributed by atoms with E-state index in [-0.39, 0.29) is 23.6 Å². The van der Waals surface area contributed by atoms with Gasteiger partial charge in [-0.3, -0.25) is 4.79 Å². The van der Waals surface area contributed by atoms with E-state index in [0.29, 0.717) is 24.7 Å². The third kappa shape index (κ3) is 4.83. The maximum atomic E-state index is 14.1. The predicted molar refractivity (Wildman–Crippen MR) is 105 cm³/mol. The van der Waals surface area contributed by atoms with Crippen molar-refractivity contribution in [3.05, 3.63) is 59.4 Å². The smallest absolute Gasteiger partial charge is 0.308 e. The molecule has 0 bridgehead atoms. The van der Waals surface area contributed by atoms with Gasteiger partial charge in [0.1, 0.15) is 17.3 Å². The Morgan fingerprint density at radius 1 is 1.14 bits per heavy atom. The summed E-state index contributed by atoms with van der Waals surface area (Å²) in [5.74, 6) is 1.54. The zero-order chi connectivity index (χ0) is 20.1. The lowest BCUT2D eigenvalue weighted by Crippen LogP contribution is -2.27. The average molecular weight is 386 g/mol. The van der Waals surface area contributed by atoms with Gasteiger partial charge in [-0.2, -0.15) is 0 Å². The SMILES string of the molecule is COC(=O)C(C)Cc1cccc(OCC2CC(c3cc(OC)ccc3F)C2)c1. The Labute approximate surface area is 165 Å². The third-order valence-corrected chi connectivity index (χ3v) is 5.41. The van der Waals surface area contributed by atoms with Gasteiger partial charge >= 0.3 is 5.97 Å². The summed E-state index contributed by atoms with van der Waals surface area (Å²) < 4.78 is 30.0. The van der Waals surface area contributed by atoms with E-state index in [2.05, 4.69) is 0 Å². The molecule has 28 heavy (non-hydrogen) atoms. The highest BCUT2D eigenvalue weighted by atomic mass is 19.1. The van der Waals surface area contributed by atoms with Gasteiger partial charge in [-0.05, 0) is 72.6 Å². The van der Waals surface area contributed by atoms with Crippen molar-refractivity contribution in [1.82, 2.24) is 0 Å². The Morgan fingerprint density at radius 2 is 1.93 bits per heavy atom. The lowest BCUT2D eigenvalue weighted by atomic mass is 9.71. The predicted octanol–water partition coefficient (Wildman–Crippen LogP) is 4.76. The molecule has 0 aromatic heterocycles. The van der Waals surface area contributed by atoms with Crippen LogP contribution in [0, 0.1) is 17.7 Å². The lowest BCUT2D eigenvalue weighted by Gasteiger charge is -2.35. The minimum absolute atomic E-state index is 0.169. The highest BCUT2D eigenvalue weighted by molar-refractivity contribution is 5.72. The van der Waals surface area contributed by atoms with Gasteiger partial charge in [0, 0.05) is 0 Å². The van der Waals surface area contributed by atoms with Crippen LogP contribution in [0.25, 0.3) is 0 Å². The summed E-state index contributed by atoms with van der Waals surface area (Å²) in [5, 5.41) is 0. The molecular formula is C23H27FO4. The van der Waals surface area contributed by atoms with Crippen molar-refractivity contribution < 1.29 is 23.4 Å². The summed E-state index contributed by atoms with van der Waals surface area (Å²) in [5.41, 5.74) is 1.77. The Balaban J connectivity index is 1.50. The first-order chi connectivity index (χ1) is 13.5. The standard InChI is InChI=1S/C23H27FO4/c1-15(23(25)27-3)9-16-5-4-6-20(12-16)28-14-17-10-18(11-17)21-13-19(26-2)7-8-22(21)24/h4-8,12-13,15,17-18H,9-11,14H2,1-3H3. The topological polar surface area (TPSA) is 44.8 Å². The van der Waals surface area contributed by atoms with Gasteiger partial charge in [-0.1, -0.05) is 19.1 Å². The number of carbonyl (C=O) groups excluding carboxylic acids is 1. The van der Waals surface area contributed by atoms with Crippen molar-refractivity contribution in [1.29, 1.82) is 0 Å². The molecule has 3 rings (SSSR count). The van der Waals surface area contributed by atoms with Crippen molar-refractivity contribution in [2.45, 2.75) is 32.1 Å². The van der Waals surface area contributed by atoms with E-state index >= 15 is 0 Å². The molecule has 0 amide bonds. The van der Waals surface area contributed by atoms with Crippen LogP contribution in [0.2, 0.25) is 0 Å². The van der Waals surface area contributed by atoms with E-state index in [1.807, 2.05) is 31.2 Å². The number of carbonyl (C=O) groups is 1. The van der Waals surface area contributed by atoms with Crippen LogP contribution in [0.15, 0.2) is 42.5 Å². The van der Waals surface area contributed by atoms with E-state index in [4.69, 9.17) is 14.2 Å². The number of hydrogen-bond donors (Lipinski definition) is 0. The maximum absolute atomic E-state index is 14.1.